The van der Waals surface area contributed by atoms with Gasteiger partial charge in [-0.1, -0.05) is 43.3 Å². The van der Waals surface area contributed by atoms with Crippen molar-refractivity contribution < 1.29 is 14.1 Å². The lowest BCUT2D eigenvalue weighted by molar-refractivity contribution is -0.386. The van der Waals surface area contributed by atoms with E-state index in [1.807, 2.05) is 38.1 Å². The monoisotopic (exact) mass is 482 g/mol. The predicted molar refractivity (Wildman–Crippen MR) is 138 cm³/mol. The Balaban J connectivity index is 1.70. The van der Waals surface area contributed by atoms with Crippen LogP contribution in [0.3, 0.4) is 0 Å². The van der Waals surface area contributed by atoms with Crippen LogP contribution in [0.25, 0.3) is 33.5 Å². The molecular formula is C27H22N4O5. The second kappa shape index (κ2) is 9.46. The maximum atomic E-state index is 13.5. The largest absolute Gasteiger partial charge is 0.483 e. The lowest BCUT2D eigenvalue weighted by atomic mass is 10.2. The van der Waals surface area contributed by atoms with Crippen LogP contribution in [0.1, 0.15) is 25.8 Å². The molecule has 0 bridgehead atoms. The van der Waals surface area contributed by atoms with E-state index in [1.54, 1.807) is 42.5 Å². The van der Waals surface area contributed by atoms with Gasteiger partial charge in [0.05, 0.1) is 28.1 Å². The fourth-order valence-electron chi connectivity index (χ4n) is 3.80. The quantitative estimate of drug-likeness (QED) is 0.165. The third-order valence-corrected chi connectivity index (χ3v) is 5.83. The summed E-state index contributed by atoms with van der Waals surface area (Å²) in [7, 11) is 0. The molecule has 9 nitrogen and oxygen atoms in total. The number of benzene rings is 3. The van der Waals surface area contributed by atoms with E-state index in [4.69, 9.17) is 9.15 Å². The van der Waals surface area contributed by atoms with Gasteiger partial charge in [-0.3, -0.25) is 14.9 Å². The van der Waals surface area contributed by atoms with Gasteiger partial charge in [0, 0.05) is 17.0 Å². The highest BCUT2D eigenvalue weighted by atomic mass is 16.6. The SMILES string of the molecule is CC[C@H](C)Oc1c(C=Nn2c(-c3cc4ccccc4o3)nc3ccccc3c2=O)cccc1[N+](=O)[O-]. The molecule has 5 aromatic rings. The van der Waals surface area contributed by atoms with Crippen LogP contribution >= 0.6 is 0 Å². The molecule has 180 valence electrons. The molecule has 3 aromatic carbocycles. The number of nitro groups is 1. The molecule has 0 spiro atoms. The maximum Gasteiger partial charge on any atom is 0.311 e. The number of hydrogen-bond acceptors (Lipinski definition) is 7. The highest BCUT2D eigenvalue weighted by Gasteiger charge is 2.21. The second-order valence-corrected chi connectivity index (χ2v) is 8.25. The molecule has 0 amide bonds. The summed E-state index contributed by atoms with van der Waals surface area (Å²) in [6.07, 6.45) is 1.77. The second-order valence-electron chi connectivity index (χ2n) is 8.25. The first-order valence-corrected chi connectivity index (χ1v) is 11.5. The van der Waals surface area contributed by atoms with Crippen molar-refractivity contribution in [3.8, 4) is 17.3 Å². The van der Waals surface area contributed by atoms with Crippen molar-refractivity contribution >= 4 is 33.8 Å². The third-order valence-electron chi connectivity index (χ3n) is 5.83. The Kier molecular flexibility index (Phi) is 6.03. The van der Waals surface area contributed by atoms with Crippen LogP contribution in [0.15, 0.2) is 87.1 Å². The molecule has 2 heterocycles. The Labute approximate surface area is 205 Å². The summed E-state index contributed by atoms with van der Waals surface area (Å²) in [5.74, 6) is 0.667. The molecule has 0 radical (unpaired) electrons. The highest BCUT2D eigenvalue weighted by molar-refractivity contribution is 5.87. The van der Waals surface area contributed by atoms with Gasteiger partial charge in [0.1, 0.15) is 5.58 Å². The molecule has 5 rings (SSSR count). The third kappa shape index (κ3) is 4.22. The van der Waals surface area contributed by atoms with Gasteiger partial charge in [0.2, 0.25) is 11.6 Å². The summed E-state index contributed by atoms with van der Waals surface area (Å²) in [5.41, 5.74) is 0.928. The van der Waals surface area contributed by atoms with Crippen molar-refractivity contribution in [1.82, 2.24) is 9.66 Å². The van der Waals surface area contributed by atoms with Crippen molar-refractivity contribution in [2.45, 2.75) is 26.4 Å². The van der Waals surface area contributed by atoms with Crippen LogP contribution < -0.4 is 10.3 Å². The highest BCUT2D eigenvalue weighted by Crippen LogP contribution is 2.32. The van der Waals surface area contributed by atoms with Crippen LogP contribution in [0.4, 0.5) is 5.69 Å². The van der Waals surface area contributed by atoms with Crippen molar-refractivity contribution in [3.63, 3.8) is 0 Å². The standard InChI is InChI=1S/C27H22N4O5/c1-3-17(2)35-25-19(10-8-13-22(25)31(33)34)16-28-30-26(24-15-18-9-4-7-14-23(18)36-24)29-21-12-6-5-11-20(21)27(30)32/h4-17H,3H2,1-2H3/t17-/m0/s1. The van der Waals surface area contributed by atoms with Gasteiger partial charge in [-0.25, -0.2) is 4.98 Å². The van der Waals surface area contributed by atoms with Gasteiger partial charge in [-0.05, 0) is 43.7 Å². The van der Waals surface area contributed by atoms with E-state index in [1.165, 1.54) is 12.3 Å². The van der Waals surface area contributed by atoms with E-state index in [9.17, 15) is 14.9 Å². The lowest BCUT2D eigenvalue weighted by Gasteiger charge is -2.14. The molecule has 0 saturated carbocycles. The van der Waals surface area contributed by atoms with E-state index in [0.29, 0.717) is 34.2 Å². The Morgan fingerprint density at radius 2 is 1.92 bits per heavy atom. The predicted octanol–water partition coefficient (Wildman–Crippen LogP) is 5.78. The van der Waals surface area contributed by atoms with E-state index in [0.717, 1.165) is 10.1 Å². The zero-order chi connectivity index (χ0) is 25.2. The van der Waals surface area contributed by atoms with Crippen LogP contribution in [0, 0.1) is 10.1 Å². The number of fused-ring (bicyclic) bond motifs is 2. The molecule has 0 N–H and O–H groups in total. The van der Waals surface area contributed by atoms with Crippen molar-refractivity contribution in [2.75, 3.05) is 0 Å². The van der Waals surface area contributed by atoms with E-state index in [2.05, 4.69) is 10.1 Å². The van der Waals surface area contributed by atoms with Gasteiger partial charge < -0.3 is 9.15 Å². The van der Waals surface area contributed by atoms with Crippen molar-refractivity contribution in [2.24, 2.45) is 5.10 Å². The summed E-state index contributed by atoms with van der Waals surface area (Å²) in [4.78, 5) is 29.3. The van der Waals surface area contributed by atoms with Gasteiger partial charge in [0.25, 0.3) is 5.56 Å². The number of rotatable bonds is 7. The van der Waals surface area contributed by atoms with Crippen LogP contribution in [0.5, 0.6) is 5.75 Å². The van der Waals surface area contributed by atoms with E-state index >= 15 is 0 Å². The maximum absolute atomic E-state index is 13.5. The molecule has 36 heavy (non-hydrogen) atoms. The van der Waals surface area contributed by atoms with Gasteiger partial charge in [-0.2, -0.15) is 9.78 Å². The minimum Gasteiger partial charge on any atom is -0.483 e. The smallest absolute Gasteiger partial charge is 0.311 e. The first-order valence-electron chi connectivity index (χ1n) is 11.5. The average molecular weight is 482 g/mol. The summed E-state index contributed by atoms with van der Waals surface area (Å²) in [6.45, 7) is 3.75. The van der Waals surface area contributed by atoms with Crippen LogP contribution in [0.2, 0.25) is 0 Å². The lowest BCUT2D eigenvalue weighted by Crippen LogP contribution is -2.20. The minimum atomic E-state index is -0.501. The van der Waals surface area contributed by atoms with E-state index < -0.39 is 10.5 Å². The van der Waals surface area contributed by atoms with Crippen LogP contribution in [-0.2, 0) is 0 Å². The number of aromatic nitrogens is 2. The molecule has 0 aliphatic heterocycles. The number of nitro benzene ring substituents is 1. The zero-order valence-corrected chi connectivity index (χ0v) is 19.6. The van der Waals surface area contributed by atoms with Crippen LogP contribution in [-0.4, -0.2) is 26.9 Å². The Hall–Kier alpha value is -4.79. The minimum absolute atomic E-state index is 0.0904. The molecule has 0 aliphatic carbocycles. The summed E-state index contributed by atoms with van der Waals surface area (Å²) in [5, 5.41) is 17.3. The molecule has 0 fully saturated rings. The fourth-order valence-corrected chi connectivity index (χ4v) is 3.80. The number of nitrogens with zero attached hydrogens (tertiary/aromatic N) is 4. The Bertz CT molecular complexity index is 1650. The molecule has 0 saturated heterocycles. The summed E-state index contributed by atoms with van der Waals surface area (Å²) >= 11 is 0. The van der Waals surface area contributed by atoms with E-state index in [-0.39, 0.29) is 23.4 Å². The summed E-state index contributed by atoms with van der Waals surface area (Å²) in [6, 6.07) is 20.8. The number of ether oxygens (including phenoxy) is 1. The number of para-hydroxylation sites is 3. The van der Waals surface area contributed by atoms with Gasteiger partial charge in [0.15, 0.2) is 5.76 Å². The molecule has 2 aromatic heterocycles. The fraction of sp³-hybridized carbons (Fsp3) is 0.148. The Morgan fingerprint density at radius 3 is 2.69 bits per heavy atom. The molecule has 0 aliphatic rings. The average Bonchev–Trinajstić information content (AvgIpc) is 3.32. The number of furan rings is 1. The summed E-state index contributed by atoms with van der Waals surface area (Å²) < 4.78 is 13.0. The zero-order valence-electron chi connectivity index (χ0n) is 19.6. The van der Waals surface area contributed by atoms with Gasteiger partial charge >= 0.3 is 5.69 Å². The van der Waals surface area contributed by atoms with Crippen molar-refractivity contribution in [1.29, 1.82) is 0 Å². The molecule has 1 atom stereocenters. The van der Waals surface area contributed by atoms with Crippen molar-refractivity contribution in [3.05, 3.63) is 98.8 Å². The molecular weight excluding hydrogens is 460 g/mol. The number of hydrogen-bond donors (Lipinski definition) is 0. The molecule has 0 unspecified atom stereocenters. The topological polar surface area (TPSA) is 113 Å². The molecule has 9 heteroatoms. The first kappa shape index (κ1) is 23.0. The van der Waals surface area contributed by atoms with Gasteiger partial charge in [-0.15, -0.1) is 0 Å². The first-order chi connectivity index (χ1) is 17.5. The Morgan fingerprint density at radius 1 is 1.14 bits per heavy atom. The normalized spacial score (nSPS) is 12.4.